The van der Waals surface area contributed by atoms with E-state index < -0.39 is 17.9 Å². The Labute approximate surface area is 139 Å². The Hall–Kier alpha value is -2.01. The molecule has 0 spiro atoms. The fraction of sp³-hybridized carbons (Fsp3) is 0.643. The van der Waals surface area contributed by atoms with Crippen molar-refractivity contribution in [2.24, 2.45) is 5.92 Å². The molecule has 0 amide bonds. The first-order chi connectivity index (χ1) is 11.4. The lowest BCUT2D eigenvalue weighted by molar-refractivity contribution is -0.143. The van der Waals surface area contributed by atoms with Crippen LogP contribution in [0, 0.1) is 5.92 Å². The zero-order valence-corrected chi connectivity index (χ0v) is 13.3. The molecule has 0 bridgehead atoms. The molecule has 1 atom stereocenters. The predicted molar refractivity (Wildman–Crippen MR) is 83.4 cm³/mol. The van der Waals surface area contributed by atoms with Gasteiger partial charge in [-0.05, 0) is 25.2 Å². The molecule has 0 saturated heterocycles. The predicted octanol–water partition coefficient (Wildman–Crippen LogP) is -0.485. The molecule has 136 valence electrons. The Morgan fingerprint density at radius 1 is 0.917 bits per heavy atom. The summed E-state index contributed by atoms with van der Waals surface area (Å²) in [5.41, 5.74) is 5.36. The summed E-state index contributed by atoms with van der Waals surface area (Å²) < 4.78 is 0. The highest BCUT2D eigenvalue weighted by molar-refractivity contribution is 5.69. The highest BCUT2D eigenvalue weighted by Gasteiger charge is 2.18. The Kier molecular flexibility index (Phi) is 8.94. The number of nitrogens with one attached hydrogen (secondary N) is 2. The van der Waals surface area contributed by atoms with E-state index in [1.54, 1.807) is 6.08 Å². The monoisotopic (exact) mass is 344 g/mol. The fourth-order valence-corrected chi connectivity index (χ4v) is 2.38. The largest absolute Gasteiger partial charge is 0.481 e. The van der Waals surface area contributed by atoms with Gasteiger partial charge in [0.05, 0.1) is 0 Å². The summed E-state index contributed by atoms with van der Waals surface area (Å²) in [7, 11) is 0. The third-order valence-electron chi connectivity index (χ3n) is 3.52. The van der Waals surface area contributed by atoms with Crippen LogP contribution < -0.4 is 11.1 Å². The number of carboxylic acid groups (broad SMARTS) is 3. The lowest BCUT2D eigenvalue weighted by Crippen LogP contribution is -2.57. The maximum Gasteiger partial charge on any atom is 0.319 e. The Bertz CT molecular complexity index is 470. The van der Waals surface area contributed by atoms with Crippen molar-refractivity contribution >= 4 is 17.9 Å². The summed E-state index contributed by atoms with van der Waals surface area (Å²) in [5.74, 6) is -2.99. The number of carboxylic acids is 3. The number of hydrazine groups is 3. The third kappa shape index (κ3) is 9.20. The highest BCUT2D eigenvalue weighted by atomic mass is 16.4. The minimum absolute atomic E-state index is 0.0350. The average molecular weight is 344 g/mol. The molecule has 1 rings (SSSR count). The molecule has 1 aliphatic rings. The quantitative estimate of drug-likeness (QED) is 0.401. The minimum atomic E-state index is -1.05. The smallest absolute Gasteiger partial charge is 0.319 e. The number of aliphatic carboxylic acids is 3. The van der Waals surface area contributed by atoms with Gasteiger partial charge in [-0.1, -0.05) is 12.2 Å². The maximum atomic E-state index is 10.9. The van der Waals surface area contributed by atoms with Crippen LogP contribution in [-0.2, 0) is 14.4 Å². The Morgan fingerprint density at radius 2 is 1.54 bits per heavy atom. The lowest BCUT2D eigenvalue weighted by Gasteiger charge is -2.28. The van der Waals surface area contributed by atoms with Gasteiger partial charge in [0.1, 0.15) is 13.1 Å². The first-order valence-corrected chi connectivity index (χ1v) is 7.68. The Balaban J connectivity index is 2.75. The van der Waals surface area contributed by atoms with Gasteiger partial charge in [-0.15, -0.1) is 0 Å². The van der Waals surface area contributed by atoms with Crippen molar-refractivity contribution in [1.82, 2.24) is 21.1 Å². The first-order valence-electron chi connectivity index (χ1n) is 7.68. The van der Waals surface area contributed by atoms with Crippen LogP contribution >= 0.6 is 0 Å². The number of carbonyl (C=O) groups is 3. The summed E-state index contributed by atoms with van der Waals surface area (Å²) in [6, 6.07) is 0. The molecular formula is C14H24N4O6. The molecule has 0 fully saturated rings. The van der Waals surface area contributed by atoms with Gasteiger partial charge in [-0.2, -0.15) is 11.1 Å². The molecule has 1 unspecified atom stereocenters. The molecule has 10 heteroatoms. The molecule has 10 nitrogen and oxygen atoms in total. The normalized spacial score (nSPS) is 22.9. The summed E-state index contributed by atoms with van der Waals surface area (Å²) in [6.07, 6.45) is 5.59. The molecule has 1 heterocycles. The van der Waals surface area contributed by atoms with Crippen molar-refractivity contribution in [2.45, 2.75) is 25.7 Å². The van der Waals surface area contributed by atoms with Crippen molar-refractivity contribution in [3.8, 4) is 0 Å². The summed E-state index contributed by atoms with van der Waals surface area (Å²) in [6.45, 7) is 0.0646. The molecule has 1 aliphatic heterocycles. The third-order valence-corrected chi connectivity index (χ3v) is 3.52. The van der Waals surface area contributed by atoms with Gasteiger partial charge in [0.15, 0.2) is 0 Å². The molecule has 24 heavy (non-hydrogen) atoms. The van der Waals surface area contributed by atoms with E-state index in [-0.39, 0.29) is 25.4 Å². The second kappa shape index (κ2) is 10.7. The van der Waals surface area contributed by atoms with Crippen molar-refractivity contribution in [3.05, 3.63) is 12.2 Å². The van der Waals surface area contributed by atoms with Crippen molar-refractivity contribution in [3.63, 3.8) is 0 Å². The van der Waals surface area contributed by atoms with Gasteiger partial charge >= 0.3 is 17.9 Å². The number of rotatable bonds is 6. The van der Waals surface area contributed by atoms with E-state index in [0.717, 1.165) is 0 Å². The van der Waals surface area contributed by atoms with Crippen LogP contribution in [0.1, 0.15) is 25.7 Å². The number of hydrogen-bond donors (Lipinski definition) is 5. The van der Waals surface area contributed by atoms with E-state index in [1.165, 1.54) is 10.0 Å². The van der Waals surface area contributed by atoms with E-state index >= 15 is 0 Å². The minimum Gasteiger partial charge on any atom is -0.481 e. The van der Waals surface area contributed by atoms with Crippen LogP contribution in [0.25, 0.3) is 0 Å². The molecule has 5 N–H and O–H groups in total. The maximum absolute atomic E-state index is 10.9. The lowest BCUT2D eigenvalue weighted by atomic mass is 9.95. The second-order valence-electron chi connectivity index (χ2n) is 5.61. The van der Waals surface area contributed by atoms with Crippen molar-refractivity contribution in [2.75, 3.05) is 26.2 Å². The number of allylic oxidation sites excluding steroid dienone is 1. The van der Waals surface area contributed by atoms with E-state index in [1.807, 2.05) is 6.08 Å². The highest BCUT2D eigenvalue weighted by Crippen LogP contribution is 2.17. The van der Waals surface area contributed by atoms with Crippen LogP contribution in [0.5, 0.6) is 0 Å². The Morgan fingerprint density at radius 3 is 2.17 bits per heavy atom. The number of nitrogens with zero attached hydrogens (tertiary/aromatic N) is 2. The molecule has 0 aliphatic carbocycles. The SMILES string of the molecule is O=C(O)CC1CC/C=C\CN(CC(=O)O)NNN(CC(=O)O)CC1. The molecular weight excluding hydrogens is 320 g/mol. The van der Waals surface area contributed by atoms with E-state index in [9.17, 15) is 14.4 Å². The van der Waals surface area contributed by atoms with E-state index in [2.05, 4.69) is 11.1 Å². The van der Waals surface area contributed by atoms with Crippen LogP contribution in [0.2, 0.25) is 0 Å². The van der Waals surface area contributed by atoms with Crippen LogP contribution in [-0.4, -0.2) is 69.4 Å². The molecule has 0 aromatic heterocycles. The van der Waals surface area contributed by atoms with Gasteiger partial charge in [0.2, 0.25) is 0 Å². The average Bonchev–Trinajstić information content (AvgIpc) is 2.45. The summed E-state index contributed by atoms with van der Waals surface area (Å²) >= 11 is 0. The van der Waals surface area contributed by atoms with Gasteiger partial charge in [0, 0.05) is 19.5 Å². The van der Waals surface area contributed by atoms with Crippen LogP contribution in [0.3, 0.4) is 0 Å². The van der Waals surface area contributed by atoms with E-state index in [0.29, 0.717) is 32.4 Å². The summed E-state index contributed by atoms with van der Waals surface area (Å²) in [4.78, 5) is 32.7. The zero-order chi connectivity index (χ0) is 17.9. The van der Waals surface area contributed by atoms with Gasteiger partial charge in [-0.25, -0.2) is 10.0 Å². The molecule has 0 saturated carbocycles. The second-order valence-corrected chi connectivity index (χ2v) is 5.61. The molecule has 0 aromatic rings. The number of hydrogen-bond acceptors (Lipinski definition) is 7. The van der Waals surface area contributed by atoms with Crippen molar-refractivity contribution in [1.29, 1.82) is 0 Å². The van der Waals surface area contributed by atoms with Gasteiger partial charge in [0.25, 0.3) is 0 Å². The molecule has 0 aromatic carbocycles. The van der Waals surface area contributed by atoms with E-state index in [4.69, 9.17) is 15.3 Å². The van der Waals surface area contributed by atoms with Crippen molar-refractivity contribution < 1.29 is 29.7 Å². The van der Waals surface area contributed by atoms with Gasteiger partial charge in [-0.3, -0.25) is 14.4 Å². The first kappa shape index (κ1) is 20.0. The standard InChI is InChI=1S/C14H24N4O6/c19-12(20)8-11-4-2-1-3-6-17(9-13(21)22)15-16-18(7-5-11)10-14(23)24/h1,3,11,15-16H,2,4-10H2,(H,19,20)(H,21,22)(H,23,24)/b3-1-. The summed E-state index contributed by atoms with van der Waals surface area (Å²) in [5, 5.41) is 29.6. The van der Waals surface area contributed by atoms with Crippen LogP contribution in [0.15, 0.2) is 12.2 Å². The fourth-order valence-electron chi connectivity index (χ4n) is 2.38. The van der Waals surface area contributed by atoms with Gasteiger partial charge < -0.3 is 15.3 Å². The topological polar surface area (TPSA) is 142 Å². The molecule has 0 radical (unpaired) electrons. The van der Waals surface area contributed by atoms with Crippen LogP contribution in [0.4, 0.5) is 0 Å². The zero-order valence-electron chi connectivity index (χ0n) is 13.3.